The fourth-order valence-electron chi connectivity index (χ4n) is 3.00. The SMILES string of the molecule is Fc1cc(Cl)cc(Nc2nc3cc(-c4nnn[nH]4)ccc3c3ccsc23)c1. The minimum absolute atomic E-state index is 0.320. The van der Waals surface area contributed by atoms with Crippen molar-refractivity contribution in [2.24, 2.45) is 0 Å². The van der Waals surface area contributed by atoms with Crippen molar-refractivity contribution in [3.8, 4) is 11.4 Å². The minimum atomic E-state index is -0.409. The molecule has 27 heavy (non-hydrogen) atoms. The number of hydrogen-bond donors (Lipinski definition) is 2. The van der Waals surface area contributed by atoms with Crippen molar-refractivity contribution in [3.05, 3.63) is 58.7 Å². The number of thiophene rings is 1. The highest BCUT2D eigenvalue weighted by Crippen LogP contribution is 2.36. The van der Waals surface area contributed by atoms with Crippen LogP contribution in [-0.2, 0) is 0 Å². The molecule has 5 rings (SSSR count). The quantitative estimate of drug-likeness (QED) is 0.440. The van der Waals surface area contributed by atoms with Gasteiger partial charge in [0.25, 0.3) is 0 Å². The summed E-state index contributed by atoms with van der Waals surface area (Å²) in [6, 6.07) is 12.2. The van der Waals surface area contributed by atoms with E-state index in [-0.39, 0.29) is 0 Å². The molecule has 0 aliphatic heterocycles. The first-order chi connectivity index (χ1) is 13.2. The summed E-state index contributed by atoms with van der Waals surface area (Å²) in [6.07, 6.45) is 0. The van der Waals surface area contributed by atoms with Gasteiger partial charge < -0.3 is 5.32 Å². The standard InChI is InChI=1S/C18H10ClFN6S/c19-10-6-11(20)8-12(7-10)21-18-16-14(3-4-27-16)13-2-1-9(5-15(13)22-18)17-23-25-26-24-17/h1-8H,(H,21,22)(H,23,24,25,26). The summed E-state index contributed by atoms with van der Waals surface area (Å²) in [5, 5.41) is 21.5. The molecule has 0 spiro atoms. The summed E-state index contributed by atoms with van der Waals surface area (Å²) >= 11 is 7.53. The van der Waals surface area contributed by atoms with E-state index in [0.717, 1.165) is 26.6 Å². The van der Waals surface area contributed by atoms with Crippen LogP contribution >= 0.6 is 22.9 Å². The van der Waals surface area contributed by atoms with Gasteiger partial charge in [-0.25, -0.2) is 14.5 Å². The van der Waals surface area contributed by atoms with E-state index in [1.807, 2.05) is 29.6 Å². The second-order valence-electron chi connectivity index (χ2n) is 5.89. The molecule has 0 saturated heterocycles. The number of fused-ring (bicyclic) bond motifs is 3. The van der Waals surface area contributed by atoms with Gasteiger partial charge in [0, 0.05) is 27.0 Å². The number of aromatic amines is 1. The van der Waals surface area contributed by atoms with Gasteiger partial charge in [0.1, 0.15) is 11.6 Å². The highest BCUT2D eigenvalue weighted by Gasteiger charge is 2.12. The van der Waals surface area contributed by atoms with Gasteiger partial charge in [-0.1, -0.05) is 23.7 Å². The molecule has 0 saturated carbocycles. The van der Waals surface area contributed by atoms with E-state index >= 15 is 0 Å². The maximum absolute atomic E-state index is 13.7. The first-order valence-corrected chi connectivity index (χ1v) is 9.21. The Balaban J connectivity index is 1.69. The molecule has 0 aliphatic carbocycles. The van der Waals surface area contributed by atoms with Crippen LogP contribution in [0.3, 0.4) is 0 Å². The topological polar surface area (TPSA) is 79.4 Å². The third kappa shape index (κ3) is 2.88. The Morgan fingerprint density at radius 2 is 2.00 bits per heavy atom. The lowest BCUT2D eigenvalue weighted by molar-refractivity contribution is 0.628. The molecule has 0 unspecified atom stereocenters. The predicted molar refractivity (Wildman–Crippen MR) is 105 cm³/mol. The van der Waals surface area contributed by atoms with E-state index in [1.54, 1.807) is 17.4 Å². The van der Waals surface area contributed by atoms with Crippen LogP contribution in [-0.4, -0.2) is 25.6 Å². The van der Waals surface area contributed by atoms with Crippen molar-refractivity contribution in [3.63, 3.8) is 0 Å². The van der Waals surface area contributed by atoms with Crippen LogP contribution in [0.25, 0.3) is 32.4 Å². The van der Waals surface area contributed by atoms with Crippen molar-refractivity contribution in [1.29, 1.82) is 0 Å². The van der Waals surface area contributed by atoms with E-state index in [0.29, 0.717) is 22.4 Å². The van der Waals surface area contributed by atoms with Crippen LogP contribution in [0, 0.1) is 5.82 Å². The number of nitrogens with one attached hydrogen (secondary N) is 2. The van der Waals surface area contributed by atoms with Gasteiger partial charge in [-0.15, -0.1) is 16.4 Å². The van der Waals surface area contributed by atoms with Gasteiger partial charge >= 0.3 is 0 Å². The zero-order chi connectivity index (χ0) is 18.4. The Morgan fingerprint density at radius 3 is 2.81 bits per heavy atom. The average molecular weight is 397 g/mol. The predicted octanol–water partition coefficient (Wildman–Crippen LogP) is 5.17. The first kappa shape index (κ1) is 16.1. The van der Waals surface area contributed by atoms with Crippen LogP contribution in [0.5, 0.6) is 0 Å². The molecule has 5 aromatic rings. The summed E-state index contributed by atoms with van der Waals surface area (Å²) < 4.78 is 14.7. The van der Waals surface area contributed by atoms with Gasteiger partial charge in [-0.2, -0.15) is 0 Å². The molecular formula is C18H10ClFN6S. The van der Waals surface area contributed by atoms with E-state index in [1.165, 1.54) is 12.1 Å². The number of pyridine rings is 1. The van der Waals surface area contributed by atoms with Crippen molar-refractivity contribution in [2.75, 3.05) is 5.32 Å². The molecule has 3 heterocycles. The number of H-pyrrole nitrogens is 1. The number of hydrogen-bond acceptors (Lipinski definition) is 6. The van der Waals surface area contributed by atoms with E-state index in [2.05, 4.69) is 25.9 Å². The van der Waals surface area contributed by atoms with Gasteiger partial charge in [0.05, 0.1) is 10.2 Å². The zero-order valence-electron chi connectivity index (χ0n) is 13.6. The number of aromatic nitrogens is 5. The molecule has 9 heteroatoms. The fourth-order valence-corrected chi connectivity index (χ4v) is 4.08. The normalized spacial score (nSPS) is 11.3. The molecule has 0 atom stereocenters. The molecule has 6 nitrogen and oxygen atoms in total. The summed E-state index contributed by atoms with van der Waals surface area (Å²) in [7, 11) is 0. The lowest BCUT2D eigenvalue weighted by Crippen LogP contribution is -1.96. The highest BCUT2D eigenvalue weighted by atomic mass is 35.5. The molecule has 2 aromatic carbocycles. The number of nitrogens with zero attached hydrogens (tertiary/aromatic N) is 4. The number of rotatable bonds is 3. The van der Waals surface area contributed by atoms with Crippen LogP contribution in [0.4, 0.5) is 15.9 Å². The van der Waals surface area contributed by atoms with Crippen molar-refractivity contribution >= 4 is 55.4 Å². The summed E-state index contributed by atoms with van der Waals surface area (Å²) in [5.74, 6) is 0.797. The minimum Gasteiger partial charge on any atom is -0.339 e. The lowest BCUT2D eigenvalue weighted by atomic mass is 10.1. The Hall–Kier alpha value is -3.10. The molecule has 132 valence electrons. The summed E-state index contributed by atoms with van der Waals surface area (Å²) in [6.45, 7) is 0. The van der Waals surface area contributed by atoms with Crippen molar-refractivity contribution in [2.45, 2.75) is 0 Å². The lowest BCUT2D eigenvalue weighted by Gasteiger charge is -2.10. The monoisotopic (exact) mass is 396 g/mol. The van der Waals surface area contributed by atoms with Gasteiger partial charge in [-0.3, -0.25) is 0 Å². The molecular weight excluding hydrogens is 387 g/mol. The largest absolute Gasteiger partial charge is 0.339 e. The highest BCUT2D eigenvalue weighted by molar-refractivity contribution is 7.18. The smallest absolute Gasteiger partial charge is 0.179 e. The maximum atomic E-state index is 13.7. The number of anilines is 2. The Kier molecular flexibility index (Phi) is 3.73. The third-order valence-electron chi connectivity index (χ3n) is 4.14. The van der Waals surface area contributed by atoms with E-state index in [4.69, 9.17) is 16.6 Å². The van der Waals surface area contributed by atoms with Gasteiger partial charge in [0.2, 0.25) is 0 Å². The molecule has 0 fully saturated rings. The second kappa shape index (κ2) is 6.26. The number of benzene rings is 2. The Bertz CT molecular complexity index is 1260. The van der Waals surface area contributed by atoms with Gasteiger partial charge in [0.15, 0.2) is 5.82 Å². The van der Waals surface area contributed by atoms with Crippen molar-refractivity contribution < 1.29 is 4.39 Å². The first-order valence-electron chi connectivity index (χ1n) is 7.95. The van der Waals surface area contributed by atoms with Crippen LogP contribution in [0.2, 0.25) is 5.02 Å². The molecule has 0 radical (unpaired) electrons. The van der Waals surface area contributed by atoms with Crippen LogP contribution in [0.15, 0.2) is 47.8 Å². The average Bonchev–Trinajstić information content (AvgIpc) is 3.33. The van der Waals surface area contributed by atoms with E-state index < -0.39 is 5.82 Å². The molecule has 0 amide bonds. The number of halogens is 2. The van der Waals surface area contributed by atoms with E-state index in [9.17, 15) is 4.39 Å². The molecule has 0 aliphatic rings. The third-order valence-corrected chi connectivity index (χ3v) is 5.28. The van der Waals surface area contributed by atoms with Crippen LogP contribution in [0.1, 0.15) is 0 Å². The van der Waals surface area contributed by atoms with Crippen LogP contribution < -0.4 is 5.32 Å². The molecule has 3 aromatic heterocycles. The Morgan fingerprint density at radius 1 is 1.07 bits per heavy atom. The maximum Gasteiger partial charge on any atom is 0.179 e. The summed E-state index contributed by atoms with van der Waals surface area (Å²) in [4.78, 5) is 4.75. The number of tetrazole rings is 1. The molecule has 2 N–H and O–H groups in total. The second-order valence-corrected chi connectivity index (χ2v) is 7.24. The molecule has 0 bridgehead atoms. The van der Waals surface area contributed by atoms with Gasteiger partial charge in [-0.05, 0) is 46.1 Å². The summed E-state index contributed by atoms with van der Waals surface area (Å²) in [5.41, 5.74) is 2.14. The zero-order valence-corrected chi connectivity index (χ0v) is 15.1. The van der Waals surface area contributed by atoms with Crippen molar-refractivity contribution in [1.82, 2.24) is 25.6 Å². The fraction of sp³-hybridized carbons (Fsp3) is 0. The Labute approximate surface area is 161 Å².